The van der Waals surface area contributed by atoms with Crippen molar-refractivity contribution < 1.29 is 120 Å². The number of hydrogen-bond acceptors (Lipinski definition) is 12. The molecule has 16 heteroatoms. The minimum atomic E-state index is -0.125. The normalized spacial score (nSPS) is 10.8. The molecular formula is C100H112Ir4N4O8-4. The third kappa shape index (κ3) is 34.2. The standard InChI is InChI=1S/C21H22N.2C20H20N.C19H18N.4C5H8O2.4Ir/c1-6-17-12-18-7-8-20(22-21(18)11-15(17)4)19-10-14(3)13(2)9-16(19)5;1-5-16-12-17-6-7-19(21-20(17)11-15(16)4)18-9-13(2)8-14(3)10-18;1-5-16-12-18-8-9-19(21-20(18)11-15(16)4)17-7-6-13(2)14(3)10-17;1-4-15-12-17-8-9-18(20-19(17)11-14(15)3)16-7-5-6-13(2)10-16;4*1-4(6)3-5(2)7;;;;/h7-9,11-12H,6H2,1-5H3;6-9,11-12H,5H2,1-4H3;6,8-12H,5H2,1-4H3;5-6,8-12H,4H2,1-3H3;4*3,6H,1-2H3;;;;/q4*-1;;;;;;;;. The van der Waals surface area contributed by atoms with Gasteiger partial charge in [0.25, 0.3) is 0 Å². The maximum atomic E-state index is 10.0. The fourth-order valence-electron chi connectivity index (χ4n) is 12.3. The predicted molar refractivity (Wildman–Crippen MR) is 467 cm³/mol. The molecule has 8 aromatic carbocycles. The van der Waals surface area contributed by atoms with Gasteiger partial charge in [0.2, 0.25) is 0 Å². The van der Waals surface area contributed by atoms with E-state index in [1.165, 1.54) is 185 Å². The number of allylic oxidation sites excluding steroid dienone is 8. The summed E-state index contributed by atoms with van der Waals surface area (Å²) in [7, 11) is 0. The van der Waals surface area contributed by atoms with Gasteiger partial charge in [0.05, 0.1) is 45.1 Å². The summed E-state index contributed by atoms with van der Waals surface area (Å²) in [4.78, 5) is 59.4. The van der Waals surface area contributed by atoms with Crippen LogP contribution >= 0.6 is 0 Å². The molecule has 12 nitrogen and oxygen atoms in total. The second-order valence-electron chi connectivity index (χ2n) is 28.6. The molecule has 12 rings (SSSR count). The molecule has 4 radical (unpaired) electrons. The number of rotatable bonds is 12. The summed E-state index contributed by atoms with van der Waals surface area (Å²) in [5.74, 6) is -0.250. The molecule has 0 spiro atoms. The van der Waals surface area contributed by atoms with Crippen molar-refractivity contribution in [1.82, 2.24) is 19.9 Å². The third-order valence-corrected chi connectivity index (χ3v) is 18.1. The van der Waals surface area contributed by atoms with Crippen molar-refractivity contribution in [2.75, 3.05) is 0 Å². The second-order valence-corrected chi connectivity index (χ2v) is 28.6. The first kappa shape index (κ1) is 105. The molecule has 0 unspecified atom stereocenters. The molecule has 0 aliphatic rings. The Bertz CT molecular complexity index is 5360. The Morgan fingerprint density at radius 2 is 0.638 bits per heavy atom. The van der Waals surface area contributed by atoms with Gasteiger partial charge in [0.15, 0.2) is 23.1 Å². The molecule has 0 aliphatic carbocycles. The molecule has 0 saturated carbocycles. The number of carbonyl (C=O) groups is 4. The summed E-state index contributed by atoms with van der Waals surface area (Å²) in [6, 6.07) is 65.2. The number of aliphatic hydroxyl groups excluding tert-OH is 4. The van der Waals surface area contributed by atoms with E-state index in [0.717, 1.165) is 98.3 Å². The molecule has 620 valence electrons. The number of hydrogen-bond donors (Lipinski definition) is 4. The Hall–Kier alpha value is -9.16. The largest absolute Gasteiger partial charge is 0.512 e. The van der Waals surface area contributed by atoms with Crippen molar-refractivity contribution in [1.29, 1.82) is 0 Å². The quantitative estimate of drug-likeness (QED) is 0.0513. The third-order valence-electron chi connectivity index (χ3n) is 18.1. The van der Waals surface area contributed by atoms with E-state index >= 15 is 0 Å². The SMILES string of the molecule is CC(=O)C=C(C)O.CC(=O)C=C(C)O.CC(=O)C=C(C)O.CC(=O)C=C(C)O.CCc1cc2ccc(-c3[c-]c(C)c(C)cc3C)nc2cc1C.CCc1cc2ccc(-c3[c-]c(C)cc(C)c3)nc2cc1C.CCc1cc2ccc(-c3[c-]cc(C)c(C)c3)nc2cc1C.CCc1cc2ccc(-c3[c-]ccc(C)c3)nc2cc1C.[Ir].[Ir].[Ir].[Ir]. The number of ketones is 4. The Kier molecular flexibility index (Phi) is 46.2. The van der Waals surface area contributed by atoms with Crippen LogP contribution in [0.5, 0.6) is 0 Å². The summed E-state index contributed by atoms with van der Waals surface area (Å²) in [6.07, 6.45) is 8.92. The number of nitrogens with zero attached hydrogens (tertiary/aromatic N) is 4. The minimum absolute atomic E-state index is 0. The van der Waals surface area contributed by atoms with Crippen LogP contribution in [0.4, 0.5) is 0 Å². The fourth-order valence-corrected chi connectivity index (χ4v) is 12.3. The van der Waals surface area contributed by atoms with Crippen molar-refractivity contribution >= 4 is 66.7 Å². The Labute approximate surface area is 743 Å². The van der Waals surface area contributed by atoms with Crippen LogP contribution in [0.3, 0.4) is 0 Å². The van der Waals surface area contributed by atoms with Crippen LogP contribution in [-0.2, 0) is 125 Å². The van der Waals surface area contributed by atoms with Gasteiger partial charge in [0.1, 0.15) is 0 Å². The van der Waals surface area contributed by atoms with Crippen molar-refractivity contribution in [2.45, 2.75) is 192 Å². The second kappa shape index (κ2) is 51.1. The van der Waals surface area contributed by atoms with Crippen molar-refractivity contribution in [3.8, 4) is 45.0 Å². The zero-order chi connectivity index (χ0) is 83.4. The smallest absolute Gasteiger partial charge is 0.155 e. The summed E-state index contributed by atoms with van der Waals surface area (Å²) in [5.41, 5.74) is 33.3. The van der Waals surface area contributed by atoms with Gasteiger partial charge in [-0.05, 0) is 246 Å². The van der Waals surface area contributed by atoms with Crippen molar-refractivity contribution in [3.63, 3.8) is 0 Å². The molecule has 0 bridgehead atoms. The van der Waals surface area contributed by atoms with Gasteiger partial charge in [-0.3, -0.25) is 39.1 Å². The van der Waals surface area contributed by atoms with Crippen LogP contribution in [0, 0.1) is 107 Å². The van der Waals surface area contributed by atoms with Crippen LogP contribution in [0.2, 0.25) is 0 Å². The molecule has 4 heterocycles. The molecular weight excluding hydrogens is 2150 g/mol. The van der Waals surface area contributed by atoms with E-state index in [1.807, 2.05) is 12.1 Å². The molecule has 0 atom stereocenters. The van der Waals surface area contributed by atoms with Crippen LogP contribution in [0.15, 0.2) is 193 Å². The maximum absolute atomic E-state index is 10.0. The zero-order valence-corrected chi connectivity index (χ0v) is 81.1. The Morgan fingerprint density at radius 3 is 0.940 bits per heavy atom. The summed E-state index contributed by atoms with van der Waals surface area (Å²) in [6.45, 7) is 45.7. The van der Waals surface area contributed by atoms with Crippen LogP contribution in [-0.4, -0.2) is 63.5 Å². The summed E-state index contributed by atoms with van der Waals surface area (Å²) >= 11 is 0. The number of carbonyl (C=O) groups excluding carboxylic acids is 4. The van der Waals surface area contributed by atoms with E-state index in [2.05, 4.69) is 269 Å². The van der Waals surface area contributed by atoms with Gasteiger partial charge in [-0.2, -0.15) is 0 Å². The molecule has 0 saturated heterocycles. The molecule has 4 N–H and O–H groups in total. The first-order valence-electron chi connectivity index (χ1n) is 37.9. The van der Waals surface area contributed by atoms with Crippen molar-refractivity contribution in [3.05, 3.63) is 306 Å². The average Bonchev–Trinajstić information content (AvgIpc) is 0.803. The number of fused-ring (bicyclic) bond motifs is 4. The molecule has 0 fully saturated rings. The van der Waals surface area contributed by atoms with E-state index in [9.17, 15) is 19.2 Å². The van der Waals surface area contributed by atoms with E-state index < -0.39 is 0 Å². The van der Waals surface area contributed by atoms with E-state index in [-0.39, 0.29) is 127 Å². The maximum Gasteiger partial charge on any atom is 0.155 e. The predicted octanol–water partition coefficient (Wildman–Crippen LogP) is 24.9. The number of benzene rings is 8. The monoisotopic (exact) mass is 2270 g/mol. The molecule has 116 heavy (non-hydrogen) atoms. The van der Waals surface area contributed by atoms with Gasteiger partial charge >= 0.3 is 0 Å². The van der Waals surface area contributed by atoms with Crippen LogP contribution in [0.1, 0.15) is 172 Å². The topological polar surface area (TPSA) is 201 Å². The van der Waals surface area contributed by atoms with Crippen LogP contribution in [0.25, 0.3) is 88.6 Å². The molecule has 4 aromatic heterocycles. The van der Waals surface area contributed by atoms with E-state index in [1.54, 1.807) is 0 Å². The number of aryl methyl sites for hydroxylation is 16. The first-order valence-corrected chi connectivity index (χ1v) is 37.9. The van der Waals surface area contributed by atoms with Gasteiger partial charge < -0.3 is 20.4 Å². The van der Waals surface area contributed by atoms with Crippen molar-refractivity contribution in [2.24, 2.45) is 0 Å². The summed E-state index contributed by atoms with van der Waals surface area (Å²) < 4.78 is 0. The number of aliphatic hydroxyl groups is 4. The van der Waals surface area contributed by atoms with Gasteiger partial charge in [-0.15, -0.1) is 140 Å². The molecule has 0 amide bonds. The number of aromatic nitrogens is 4. The van der Waals surface area contributed by atoms with Gasteiger partial charge in [0, 0.05) is 105 Å². The Morgan fingerprint density at radius 1 is 0.319 bits per heavy atom. The van der Waals surface area contributed by atoms with Gasteiger partial charge in [-0.1, -0.05) is 132 Å². The number of pyridine rings is 4. The average molecular weight is 2270 g/mol. The summed E-state index contributed by atoms with van der Waals surface area (Å²) in [5, 5.41) is 38.3. The Balaban J connectivity index is 0.000000690. The minimum Gasteiger partial charge on any atom is -0.512 e. The van der Waals surface area contributed by atoms with E-state index in [0.29, 0.717) is 0 Å². The molecule has 12 aromatic rings. The van der Waals surface area contributed by atoms with E-state index in [4.69, 9.17) is 40.4 Å². The fraction of sp³-hybridized carbons (Fsp3) is 0.280. The van der Waals surface area contributed by atoms with Gasteiger partial charge in [-0.25, -0.2) is 0 Å². The van der Waals surface area contributed by atoms with Crippen LogP contribution < -0.4 is 0 Å². The zero-order valence-electron chi connectivity index (χ0n) is 71.5. The first-order chi connectivity index (χ1) is 52.8. The molecule has 0 aliphatic heterocycles.